The van der Waals surface area contributed by atoms with Crippen molar-refractivity contribution in [3.63, 3.8) is 0 Å². The molecule has 0 aliphatic carbocycles. The zero-order valence-electron chi connectivity index (χ0n) is 15.5. The number of nitrogens with two attached hydrogens (primary N) is 1. The largest absolute Gasteiger partial charge is 0.390 e. The van der Waals surface area contributed by atoms with Gasteiger partial charge < -0.3 is 16.0 Å². The first-order chi connectivity index (χ1) is 10.6. The smallest absolute Gasteiger partial charge is 0.0797 e. The maximum atomic E-state index is 5.08. The molecule has 4 heteroatoms. The van der Waals surface area contributed by atoms with Crippen molar-refractivity contribution in [2.75, 3.05) is 33.2 Å². The van der Waals surface area contributed by atoms with Crippen molar-refractivity contribution in [1.29, 1.82) is 0 Å². The van der Waals surface area contributed by atoms with Crippen LogP contribution in [0.15, 0.2) is 4.99 Å². The number of aliphatic imine (C=N–C) groups is 1. The summed E-state index contributed by atoms with van der Waals surface area (Å²) in [7, 11) is 2.03. The normalized spacial score (nSPS) is 19.4. The third-order valence-corrected chi connectivity index (χ3v) is 4.24. The van der Waals surface area contributed by atoms with Crippen molar-refractivity contribution < 1.29 is 0 Å². The van der Waals surface area contributed by atoms with Gasteiger partial charge in [0.2, 0.25) is 0 Å². The number of rotatable bonds is 9. The minimum Gasteiger partial charge on any atom is -0.390 e. The molecule has 0 bridgehead atoms. The van der Waals surface area contributed by atoms with Gasteiger partial charge in [-0.25, -0.2) is 0 Å². The lowest BCUT2D eigenvalue weighted by atomic mass is 10.0. The zero-order chi connectivity index (χ0) is 16.6. The Hall–Kier alpha value is -0.610. The highest BCUT2D eigenvalue weighted by Gasteiger charge is 2.16. The first-order valence-corrected chi connectivity index (χ1v) is 9.20. The molecule has 1 rings (SSSR count). The minimum atomic E-state index is 0.821. The fourth-order valence-electron chi connectivity index (χ4n) is 2.78. The number of nitrogens with one attached hydrogen (secondary N) is 1. The highest BCUT2D eigenvalue weighted by atomic mass is 15.2. The summed E-state index contributed by atoms with van der Waals surface area (Å²) in [6, 6.07) is 0.829. The fourth-order valence-corrected chi connectivity index (χ4v) is 2.78. The Morgan fingerprint density at radius 1 is 1.27 bits per heavy atom. The molecule has 0 aromatic rings. The molecule has 1 atom stereocenters. The molecule has 0 aromatic heterocycles. The molecule has 1 fully saturated rings. The van der Waals surface area contributed by atoms with Crippen molar-refractivity contribution in [2.24, 2.45) is 16.6 Å². The predicted molar refractivity (Wildman–Crippen MR) is 99.7 cm³/mol. The molecule has 0 saturated carbocycles. The van der Waals surface area contributed by atoms with Gasteiger partial charge in [-0.05, 0) is 65.2 Å². The van der Waals surface area contributed by atoms with Crippen LogP contribution < -0.4 is 11.1 Å². The van der Waals surface area contributed by atoms with Crippen molar-refractivity contribution in [1.82, 2.24) is 10.2 Å². The van der Waals surface area contributed by atoms with Gasteiger partial charge in [0.25, 0.3) is 0 Å². The summed E-state index contributed by atoms with van der Waals surface area (Å²) >= 11 is 0. The Morgan fingerprint density at radius 2 is 2.05 bits per heavy atom. The highest BCUT2D eigenvalue weighted by molar-refractivity contribution is 5.50. The van der Waals surface area contributed by atoms with Crippen LogP contribution in [0, 0.1) is 5.92 Å². The number of hydrogen-bond acceptors (Lipinski definition) is 3. The van der Waals surface area contributed by atoms with Gasteiger partial charge in [-0.15, -0.1) is 0 Å². The van der Waals surface area contributed by atoms with E-state index in [9.17, 15) is 0 Å². The standard InChI is InChI=1S/C10H22N2.C8H18N2/c1-10-6-3-4-8-12(10)9-5-7-11-2;1-8(2)5-3-4-6-10-7-9/h10-11H,3-9H2,1-2H3;7-8H,3-6H2,1-2H3,(H2,9,10). The van der Waals surface area contributed by atoms with E-state index >= 15 is 0 Å². The van der Waals surface area contributed by atoms with Gasteiger partial charge >= 0.3 is 0 Å². The number of hydrogen-bond donors (Lipinski definition) is 2. The van der Waals surface area contributed by atoms with Crippen LogP contribution in [0.5, 0.6) is 0 Å². The van der Waals surface area contributed by atoms with E-state index < -0.39 is 0 Å². The Labute approximate surface area is 138 Å². The molecule has 0 spiro atoms. The zero-order valence-corrected chi connectivity index (χ0v) is 15.5. The molecular formula is C18H40N4. The second-order valence-electron chi connectivity index (χ2n) is 6.78. The molecular weight excluding hydrogens is 272 g/mol. The van der Waals surface area contributed by atoms with Crippen LogP contribution in [0.3, 0.4) is 0 Å². The van der Waals surface area contributed by atoms with Crippen molar-refractivity contribution >= 4 is 6.34 Å². The first-order valence-electron chi connectivity index (χ1n) is 9.20. The van der Waals surface area contributed by atoms with Crippen molar-refractivity contribution in [3.8, 4) is 0 Å². The molecule has 1 heterocycles. The summed E-state index contributed by atoms with van der Waals surface area (Å²) in [5.74, 6) is 0.821. The average Bonchev–Trinajstić information content (AvgIpc) is 2.50. The monoisotopic (exact) mass is 312 g/mol. The molecule has 0 amide bonds. The summed E-state index contributed by atoms with van der Waals surface area (Å²) in [4.78, 5) is 6.55. The van der Waals surface area contributed by atoms with E-state index in [1.165, 1.54) is 64.4 Å². The summed E-state index contributed by atoms with van der Waals surface area (Å²) in [6.45, 7) is 11.5. The van der Waals surface area contributed by atoms with Gasteiger partial charge in [-0.3, -0.25) is 4.99 Å². The van der Waals surface area contributed by atoms with Gasteiger partial charge in [0.05, 0.1) is 6.34 Å². The van der Waals surface area contributed by atoms with Gasteiger partial charge in [-0.1, -0.05) is 33.1 Å². The third kappa shape index (κ3) is 13.1. The summed E-state index contributed by atoms with van der Waals surface area (Å²) in [5, 5.41) is 3.20. The van der Waals surface area contributed by atoms with Gasteiger partial charge in [0, 0.05) is 12.6 Å². The topological polar surface area (TPSA) is 53.6 Å². The van der Waals surface area contributed by atoms with E-state index in [0.29, 0.717) is 0 Å². The summed E-state index contributed by atoms with van der Waals surface area (Å²) in [5.41, 5.74) is 5.08. The molecule has 0 radical (unpaired) electrons. The number of nitrogens with zero attached hydrogens (tertiary/aromatic N) is 2. The minimum absolute atomic E-state index is 0.821. The van der Waals surface area contributed by atoms with Crippen LogP contribution in [-0.2, 0) is 0 Å². The van der Waals surface area contributed by atoms with Crippen molar-refractivity contribution in [3.05, 3.63) is 0 Å². The van der Waals surface area contributed by atoms with Crippen LogP contribution in [0.2, 0.25) is 0 Å². The molecule has 4 nitrogen and oxygen atoms in total. The lowest BCUT2D eigenvalue weighted by Crippen LogP contribution is -2.38. The number of unbranched alkanes of at least 4 members (excludes halogenated alkanes) is 1. The molecule has 1 aliphatic heterocycles. The molecule has 1 saturated heterocycles. The van der Waals surface area contributed by atoms with E-state index in [2.05, 4.69) is 36.0 Å². The van der Waals surface area contributed by atoms with Crippen LogP contribution >= 0.6 is 0 Å². The Balaban J connectivity index is 0.000000409. The molecule has 1 unspecified atom stereocenters. The maximum absolute atomic E-state index is 5.08. The molecule has 1 aliphatic rings. The van der Waals surface area contributed by atoms with E-state index in [0.717, 1.165) is 25.0 Å². The molecule has 22 heavy (non-hydrogen) atoms. The second-order valence-corrected chi connectivity index (χ2v) is 6.78. The fraction of sp³-hybridized carbons (Fsp3) is 0.944. The van der Waals surface area contributed by atoms with Crippen LogP contribution in [0.1, 0.15) is 65.7 Å². The Bertz CT molecular complexity index is 253. The Morgan fingerprint density at radius 3 is 2.64 bits per heavy atom. The van der Waals surface area contributed by atoms with E-state index in [4.69, 9.17) is 5.73 Å². The van der Waals surface area contributed by atoms with Crippen LogP contribution in [0.4, 0.5) is 0 Å². The van der Waals surface area contributed by atoms with Gasteiger partial charge in [0.15, 0.2) is 0 Å². The number of likely N-dealkylation sites (tertiary alicyclic amines) is 1. The molecule has 3 N–H and O–H groups in total. The first kappa shape index (κ1) is 21.4. The highest BCUT2D eigenvalue weighted by Crippen LogP contribution is 2.15. The van der Waals surface area contributed by atoms with Crippen LogP contribution in [-0.4, -0.2) is 50.5 Å². The van der Waals surface area contributed by atoms with Crippen molar-refractivity contribution in [2.45, 2.75) is 71.8 Å². The quantitative estimate of drug-likeness (QED) is 0.390. The summed E-state index contributed by atoms with van der Waals surface area (Å²) in [6.07, 6.45) is 10.7. The lowest BCUT2D eigenvalue weighted by molar-refractivity contribution is 0.159. The molecule has 0 aromatic carbocycles. The van der Waals surface area contributed by atoms with E-state index in [1.807, 2.05) is 7.05 Å². The van der Waals surface area contributed by atoms with E-state index in [1.54, 1.807) is 0 Å². The maximum Gasteiger partial charge on any atom is 0.0797 e. The average molecular weight is 313 g/mol. The third-order valence-electron chi connectivity index (χ3n) is 4.24. The van der Waals surface area contributed by atoms with E-state index in [-0.39, 0.29) is 0 Å². The number of piperidine rings is 1. The second kappa shape index (κ2) is 15.3. The predicted octanol–water partition coefficient (Wildman–Crippen LogP) is 3.27. The molecule has 132 valence electrons. The van der Waals surface area contributed by atoms with Gasteiger partial charge in [0.1, 0.15) is 0 Å². The SMILES string of the molecule is CC(C)CCCCN=CN.CNCCCN1CCCCC1C. The van der Waals surface area contributed by atoms with Crippen LogP contribution in [0.25, 0.3) is 0 Å². The lowest BCUT2D eigenvalue weighted by Gasteiger charge is -2.33. The summed E-state index contributed by atoms with van der Waals surface area (Å²) < 4.78 is 0. The Kier molecular flexibility index (Phi) is 14.9. The van der Waals surface area contributed by atoms with Gasteiger partial charge in [-0.2, -0.15) is 0 Å².